The molecule has 2 aromatic rings. The van der Waals surface area contributed by atoms with Crippen molar-refractivity contribution in [3.8, 4) is 0 Å². The van der Waals surface area contributed by atoms with Crippen LogP contribution in [0.25, 0.3) is 0 Å². The first-order valence-corrected chi connectivity index (χ1v) is 6.78. The van der Waals surface area contributed by atoms with E-state index in [0.717, 1.165) is 0 Å². The second-order valence-corrected chi connectivity index (χ2v) is 4.61. The van der Waals surface area contributed by atoms with Gasteiger partial charge in [0.2, 0.25) is 11.9 Å². The predicted octanol–water partition coefficient (Wildman–Crippen LogP) is 1.42. The highest BCUT2D eigenvalue weighted by Crippen LogP contribution is 2.16. The number of nitrogens with one attached hydrogen (secondary N) is 2. The molecule has 1 aromatic carbocycles. The molecule has 7 nitrogen and oxygen atoms in total. The van der Waals surface area contributed by atoms with Crippen molar-refractivity contribution >= 4 is 28.7 Å². The molecule has 1 unspecified atom stereocenters. The molecule has 1 atom stereocenters. The third-order valence-corrected chi connectivity index (χ3v) is 2.90. The first-order valence-electron chi connectivity index (χ1n) is 5.70. The number of rotatable bonds is 5. The molecular formula is C11H11FN5O2S-. The van der Waals surface area contributed by atoms with E-state index in [1.165, 1.54) is 24.3 Å². The Bertz CT molecular complexity index is 623. The molecule has 0 amide bonds. The summed E-state index contributed by atoms with van der Waals surface area (Å²) in [5.41, 5.74) is 0.534. The number of benzene rings is 1. The zero-order valence-corrected chi connectivity index (χ0v) is 11.3. The molecule has 0 aliphatic rings. The van der Waals surface area contributed by atoms with E-state index < -0.39 is 17.2 Å². The monoisotopic (exact) mass is 296 g/mol. The molecule has 0 aliphatic carbocycles. The fraction of sp³-hybridized carbons (Fsp3) is 0.182. The predicted molar refractivity (Wildman–Crippen MR) is 70.9 cm³/mol. The summed E-state index contributed by atoms with van der Waals surface area (Å²) in [6.45, 7) is 2.38. The molecule has 0 bridgehead atoms. The summed E-state index contributed by atoms with van der Waals surface area (Å²) in [5, 5.41) is 5.54. The van der Waals surface area contributed by atoms with Gasteiger partial charge in [-0.15, -0.1) is 0 Å². The summed E-state index contributed by atoms with van der Waals surface area (Å²) >= 11 is -2.28. The van der Waals surface area contributed by atoms with Crippen LogP contribution in [0.2, 0.25) is 0 Å². The minimum atomic E-state index is -2.28. The quantitative estimate of drug-likeness (QED) is 0.804. The first-order chi connectivity index (χ1) is 9.58. The van der Waals surface area contributed by atoms with Crippen molar-refractivity contribution in [2.75, 3.05) is 17.2 Å². The second kappa shape index (κ2) is 6.35. The van der Waals surface area contributed by atoms with Crippen molar-refractivity contribution in [2.45, 2.75) is 11.8 Å². The van der Waals surface area contributed by atoms with Crippen LogP contribution in [0.15, 0.2) is 29.2 Å². The molecule has 0 saturated carbocycles. The van der Waals surface area contributed by atoms with Crippen molar-refractivity contribution < 1.29 is 13.2 Å². The third-order valence-electron chi connectivity index (χ3n) is 2.25. The van der Waals surface area contributed by atoms with Crippen LogP contribution in [0.4, 0.5) is 22.0 Å². The lowest BCUT2D eigenvalue weighted by Gasteiger charge is -2.08. The van der Waals surface area contributed by atoms with Crippen molar-refractivity contribution in [1.29, 1.82) is 0 Å². The Morgan fingerprint density at radius 1 is 1.20 bits per heavy atom. The van der Waals surface area contributed by atoms with Gasteiger partial charge in [0, 0.05) is 17.1 Å². The van der Waals surface area contributed by atoms with E-state index in [0.29, 0.717) is 12.2 Å². The highest BCUT2D eigenvalue weighted by Gasteiger charge is 2.05. The molecule has 2 N–H and O–H groups in total. The van der Waals surface area contributed by atoms with Gasteiger partial charge in [0.15, 0.2) is 0 Å². The Balaban J connectivity index is 2.18. The van der Waals surface area contributed by atoms with Crippen LogP contribution in [-0.4, -0.2) is 30.3 Å². The Kier molecular flexibility index (Phi) is 4.53. The molecule has 0 aliphatic heterocycles. The van der Waals surface area contributed by atoms with Gasteiger partial charge < -0.3 is 15.2 Å². The van der Waals surface area contributed by atoms with Crippen LogP contribution in [0, 0.1) is 6.08 Å². The first kappa shape index (κ1) is 14.3. The SMILES string of the molecule is CCNc1nc(F)nc(Nc2ccc(S(=O)[O-])cc2)n1. The second-order valence-electron chi connectivity index (χ2n) is 3.67. The van der Waals surface area contributed by atoms with Gasteiger partial charge in [0.05, 0.1) is 0 Å². The summed E-state index contributed by atoms with van der Waals surface area (Å²) in [6, 6.07) is 5.88. The van der Waals surface area contributed by atoms with Crippen LogP contribution in [0.5, 0.6) is 0 Å². The smallest absolute Gasteiger partial charge is 0.315 e. The Morgan fingerprint density at radius 3 is 2.45 bits per heavy atom. The molecule has 1 heterocycles. The molecule has 1 aromatic heterocycles. The highest BCUT2D eigenvalue weighted by molar-refractivity contribution is 7.79. The number of anilines is 3. The van der Waals surface area contributed by atoms with Crippen LogP contribution < -0.4 is 10.6 Å². The molecule has 20 heavy (non-hydrogen) atoms. The van der Waals surface area contributed by atoms with E-state index in [1.807, 2.05) is 6.92 Å². The Labute approximate surface area is 117 Å². The number of halogens is 1. The maximum atomic E-state index is 13.2. The van der Waals surface area contributed by atoms with Crippen LogP contribution in [0.1, 0.15) is 6.92 Å². The molecular weight excluding hydrogens is 285 g/mol. The number of aromatic nitrogens is 3. The third kappa shape index (κ3) is 3.68. The van der Waals surface area contributed by atoms with Crippen molar-refractivity contribution in [2.24, 2.45) is 0 Å². The van der Waals surface area contributed by atoms with Crippen LogP contribution >= 0.6 is 0 Å². The standard InChI is InChI=1S/C11H12FN5O2S/c1-2-13-10-15-9(12)16-11(17-10)14-7-3-5-8(6-4-7)20(18)19/h3-6H,2H2,1H3,(H,18,19)(H2,13,14,15,16,17)/p-1. The normalized spacial score (nSPS) is 11.9. The minimum Gasteiger partial charge on any atom is -0.768 e. The lowest BCUT2D eigenvalue weighted by Crippen LogP contribution is -2.08. The van der Waals surface area contributed by atoms with E-state index in [1.54, 1.807) is 0 Å². The Hall–Kier alpha value is -2.13. The van der Waals surface area contributed by atoms with Crippen LogP contribution in [0.3, 0.4) is 0 Å². The van der Waals surface area contributed by atoms with E-state index in [2.05, 4.69) is 25.6 Å². The summed E-state index contributed by atoms with van der Waals surface area (Å²) in [5.74, 6) is 0.157. The summed E-state index contributed by atoms with van der Waals surface area (Å²) < 4.78 is 34.6. The van der Waals surface area contributed by atoms with Gasteiger partial charge in [0.25, 0.3) is 0 Å². The largest absolute Gasteiger partial charge is 0.768 e. The average Bonchev–Trinajstić information content (AvgIpc) is 2.39. The molecule has 0 radical (unpaired) electrons. The fourth-order valence-corrected chi connectivity index (χ4v) is 1.78. The zero-order chi connectivity index (χ0) is 14.5. The number of nitrogens with zero attached hydrogens (tertiary/aromatic N) is 3. The number of hydrogen-bond acceptors (Lipinski definition) is 7. The van der Waals surface area contributed by atoms with Gasteiger partial charge in [-0.25, -0.2) is 0 Å². The molecule has 9 heteroatoms. The van der Waals surface area contributed by atoms with E-state index in [9.17, 15) is 13.2 Å². The van der Waals surface area contributed by atoms with Crippen molar-refractivity contribution in [3.05, 3.63) is 30.3 Å². The maximum absolute atomic E-state index is 13.2. The minimum absolute atomic E-state index is 0.0319. The molecule has 0 saturated heterocycles. The van der Waals surface area contributed by atoms with E-state index in [4.69, 9.17) is 0 Å². The summed E-state index contributed by atoms with van der Waals surface area (Å²) in [6.07, 6.45) is -0.907. The maximum Gasteiger partial charge on any atom is 0.315 e. The lowest BCUT2D eigenvalue weighted by atomic mass is 10.3. The average molecular weight is 296 g/mol. The van der Waals surface area contributed by atoms with Crippen molar-refractivity contribution in [1.82, 2.24) is 15.0 Å². The Morgan fingerprint density at radius 2 is 1.85 bits per heavy atom. The summed E-state index contributed by atoms with van der Waals surface area (Å²) in [7, 11) is 0. The van der Waals surface area contributed by atoms with E-state index in [-0.39, 0.29) is 16.8 Å². The molecule has 0 spiro atoms. The van der Waals surface area contributed by atoms with Gasteiger partial charge in [0.1, 0.15) is 0 Å². The van der Waals surface area contributed by atoms with Gasteiger partial charge in [-0.05, 0) is 42.3 Å². The molecule has 2 rings (SSSR count). The topological polar surface area (TPSA) is 103 Å². The fourth-order valence-electron chi connectivity index (χ4n) is 1.42. The lowest BCUT2D eigenvalue weighted by molar-refractivity contribution is 0.536. The molecule has 106 valence electrons. The zero-order valence-electron chi connectivity index (χ0n) is 10.5. The highest BCUT2D eigenvalue weighted by atomic mass is 32.2. The van der Waals surface area contributed by atoms with Crippen molar-refractivity contribution in [3.63, 3.8) is 0 Å². The van der Waals surface area contributed by atoms with Gasteiger partial charge in [-0.2, -0.15) is 19.3 Å². The van der Waals surface area contributed by atoms with Gasteiger partial charge in [-0.1, -0.05) is 0 Å². The van der Waals surface area contributed by atoms with Gasteiger partial charge >= 0.3 is 6.08 Å². The van der Waals surface area contributed by atoms with E-state index >= 15 is 0 Å². The summed E-state index contributed by atoms with van der Waals surface area (Å²) in [4.78, 5) is 11.1. The molecule has 0 fully saturated rings. The number of hydrogen-bond donors (Lipinski definition) is 2. The van der Waals surface area contributed by atoms with Gasteiger partial charge in [-0.3, -0.25) is 4.21 Å². The van der Waals surface area contributed by atoms with Crippen LogP contribution in [-0.2, 0) is 11.1 Å².